The van der Waals surface area contributed by atoms with E-state index in [1.54, 1.807) is 0 Å². The third kappa shape index (κ3) is 1.76. The van der Waals surface area contributed by atoms with Crippen LogP contribution in [-0.2, 0) is 11.1 Å². The van der Waals surface area contributed by atoms with Crippen molar-refractivity contribution in [3.8, 4) is 33.6 Å². The molecule has 4 aromatic carbocycles. The van der Waals surface area contributed by atoms with Gasteiger partial charge in [0.25, 0.3) is 0 Å². The molecule has 0 saturated heterocycles. The summed E-state index contributed by atoms with van der Waals surface area (Å²) in [6.07, 6.45) is 4.67. The normalized spacial score (nSPS) is 16.8. The molecule has 5 heterocycles. The van der Waals surface area contributed by atoms with Crippen molar-refractivity contribution in [3.05, 3.63) is 166 Å². The summed E-state index contributed by atoms with van der Waals surface area (Å²) in [6.45, 7) is 0. The summed E-state index contributed by atoms with van der Waals surface area (Å²) in [6, 6.07) is 45.9. The van der Waals surface area contributed by atoms with Crippen LogP contribution in [0.2, 0.25) is 0 Å². The molecule has 0 amide bonds. The van der Waals surface area contributed by atoms with Crippen LogP contribution in [0.1, 0.15) is 44.8 Å². The number of nitrogens with zero attached hydrogens (tertiary/aromatic N) is 2. The van der Waals surface area contributed by atoms with E-state index in [0.717, 1.165) is 0 Å². The molecular formula is C38H22N2+2. The number of fused-ring (bicyclic) bond motifs is 9. The van der Waals surface area contributed by atoms with Gasteiger partial charge in [0, 0.05) is 24.3 Å². The molecule has 2 aromatic heterocycles. The van der Waals surface area contributed by atoms with Crippen LogP contribution in [0, 0.1) is 0 Å². The van der Waals surface area contributed by atoms with E-state index in [4.69, 9.17) is 0 Å². The topological polar surface area (TPSA) is 7.76 Å². The Morgan fingerprint density at radius 2 is 0.850 bits per heavy atom. The van der Waals surface area contributed by atoms with Gasteiger partial charge >= 0.3 is 5.66 Å². The van der Waals surface area contributed by atoms with Crippen molar-refractivity contribution in [2.24, 2.45) is 0 Å². The highest BCUT2D eigenvalue weighted by atomic mass is 15.3. The fourth-order valence-corrected chi connectivity index (χ4v) is 9.11. The van der Waals surface area contributed by atoms with Gasteiger partial charge in [-0.25, -0.2) is 0 Å². The molecule has 40 heavy (non-hydrogen) atoms. The zero-order chi connectivity index (χ0) is 25.8. The van der Waals surface area contributed by atoms with Gasteiger partial charge in [-0.15, -0.1) is 9.13 Å². The smallest absolute Gasteiger partial charge is 0.121 e. The number of hydrogen-bond donors (Lipinski definition) is 0. The Hall–Kier alpha value is -5.08. The van der Waals surface area contributed by atoms with Gasteiger partial charge in [-0.1, -0.05) is 84.9 Å². The molecule has 2 spiro atoms. The highest BCUT2D eigenvalue weighted by molar-refractivity contribution is 5.89. The minimum atomic E-state index is -0.475. The number of hydrogen-bond acceptors (Lipinski definition) is 0. The molecule has 0 saturated carbocycles. The van der Waals surface area contributed by atoms with E-state index in [1.165, 1.54) is 78.4 Å². The van der Waals surface area contributed by atoms with E-state index in [2.05, 4.69) is 143 Å². The molecular weight excluding hydrogens is 484 g/mol. The van der Waals surface area contributed by atoms with Crippen molar-refractivity contribution in [1.29, 1.82) is 0 Å². The first kappa shape index (κ1) is 19.9. The Morgan fingerprint density at radius 1 is 0.400 bits per heavy atom. The zero-order valence-electron chi connectivity index (χ0n) is 21.6. The lowest BCUT2D eigenvalue weighted by Crippen LogP contribution is -2.79. The van der Waals surface area contributed by atoms with Crippen LogP contribution in [-0.4, -0.2) is 0 Å². The lowest BCUT2D eigenvalue weighted by atomic mass is 9.69. The fourth-order valence-electron chi connectivity index (χ4n) is 9.11. The number of pyridine rings is 2. The first-order valence-electron chi connectivity index (χ1n) is 14.1. The second-order valence-corrected chi connectivity index (χ2v) is 11.6. The molecule has 2 heteroatoms. The lowest BCUT2D eigenvalue weighted by molar-refractivity contribution is -0.971. The van der Waals surface area contributed by atoms with Gasteiger partial charge in [-0.3, -0.25) is 0 Å². The quantitative estimate of drug-likeness (QED) is 0.203. The molecule has 3 aliphatic heterocycles. The van der Waals surface area contributed by atoms with Crippen molar-refractivity contribution >= 4 is 12.2 Å². The molecule has 2 aliphatic carbocycles. The summed E-state index contributed by atoms with van der Waals surface area (Å²) in [4.78, 5) is 0. The lowest BCUT2D eigenvalue weighted by Gasteiger charge is -2.35. The van der Waals surface area contributed by atoms with E-state index in [1.807, 2.05) is 0 Å². The second kappa shape index (κ2) is 6.21. The Labute approximate surface area is 231 Å². The molecule has 0 bridgehead atoms. The maximum Gasteiger partial charge on any atom is 0.419 e. The summed E-state index contributed by atoms with van der Waals surface area (Å²) in [5.41, 5.74) is 17.8. The van der Waals surface area contributed by atoms with Crippen LogP contribution in [0.25, 0.3) is 45.8 Å². The maximum absolute atomic E-state index is 2.72. The monoisotopic (exact) mass is 506 g/mol. The summed E-state index contributed by atoms with van der Waals surface area (Å²) in [5, 5.41) is 0. The van der Waals surface area contributed by atoms with Gasteiger partial charge < -0.3 is 0 Å². The predicted octanol–water partition coefficient (Wildman–Crippen LogP) is 6.68. The van der Waals surface area contributed by atoms with Gasteiger partial charge in [-0.05, 0) is 57.6 Å². The van der Waals surface area contributed by atoms with Crippen LogP contribution in [0.3, 0.4) is 0 Å². The molecule has 0 fully saturated rings. The Kier molecular flexibility index (Phi) is 3.09. The highest BCUT2D eigenvalue weighted by Crippen LogP contribution is 2.61. The molecule has 0 N–H and O–H groups in total. The molecule has 0 radical (unpaired) electrons. The number of rotatable bonds is 0. The van der Waals surface area contributed by atoms with Crippen molar-refractivity contribution in [1.82, 2.24) is 0 Å². The van der Waals surface area contributed by atoms with E-state index >= 15 is 0 Å². The van der Waals surface area contributed by atoms with Gasteiger partial charge in [0.15, 0.2) is 5.41 Å². The SMILES string of the molecule is C1=Cc2cccc3c2C24c5c1cccc5-c1cccc([n+]12)C1(c2ccccc2-c2ccccc21)c1cccc-3[n+]14. The molecule has 182 valence electrons. The minimum Gasteiger partial charge on any atom is -0.121 e. The van der Waals surface area contributed by atoms with Crippen molar-refractivity contribution in [2.75, 3.05) is 0 Å². The first-order valence-corrected chi connectivity index (χ1v) is 14.1. The molecule has 2 nitrogen and oxygen atoms in total. The molecule has 5 aliphatic rings. The van der Waals surface area contributed by atoms with Gasteiger partial charge in [0.2, 0.25) is 22.8 Å². The molecule has 0 atom stereocenters. The van der Waals surface area contributed by atoms with Gasteiger partial charge in [0.1, 0.15) is 11.1 Å². The minimum absolute atomic E-state index is 0.436. The largest absolute Gasteiger partial charge is 0.419 e. The van der Waals surface area contributed by atoms with Crippen molar-refractivity contribution in [2.45, 2.75) is 11.1 Å². The van der Waals surface area contributed by atoms with Gasteiger partial charge in [0.05, 0.1) is 11.1 Å². The number of aromatic nitrogens is 2. The zero-order valence-corrected chi connectivity index (χ0v) is 21.6. The first-order chi connectivity index (χ1) is 19.9. The van der Waals surface area contributed by atoms with Crippen LogP contribution < -0.4 is 9.13 Å². The summed E-state index contributed by atoms with van der Waals surface area (Å²) < 4.78 is 5.44. The van der Waals surface area contributed by atoms with Crippen LogP contribution >= 0.6 is 0 Å². The Balaban J connectivity index is 1.47. The molecule has 6 aromatic rings. The molecule has 11 rings (SSSR count). The number of benzene rings is 4. The van der Waals surface area contributed by atoms with Crippen LogP contribution in [0.4, 0.5) is 0 Å². The van der Waals surface area contributed by atoms with Crippen LogP contribution in [0.5, 0.6) is 0 Å². The third-order valence-electron chi connectivity index (χ3n) is 10.2. The highest BCUT2D eigenvalue weighted by Gasteiger charge is 2.76. The van der Waals surface area contributed by atoms with E-state index < -0.39 is 11.1 Å². The van der Waals surface area contributed by atoms with Crippen molar-refractivity contribution in [3.63, 3.8) is 0 Å². The standard InChI is InChI=1S/C38H22N2/c1-3-15-29-25(11-1)26-12-2-4-16-30(26)37(29)33-19-7-17-31-27-13-5-9-23-21-22-24-10-6-14-28-32-18-8-20-34(37)40(32)38(35(23)27,36(24)28)39(31)33/h1-22H/q+2. The second-order valence-electron chi connectivity index (χ2n) is 11.6. The summed E-state index contributed by atoms with van der Waals surface area (Å²) in [5.74, 6) is 0. The summed E-state index contributed by atoms with van der Waals surface area (Å²) in [7, 11) is 0. The van der Waals surface area contributed by atoms with E-state index in [9.17, 15) is 0 Å². The Bertz CT molecular complexity index is 2080. The molecule has 0 unspecified atom stereocenters. The average molecular weight is 507 g/mol. The van der Waals surface area contributed by atoms with E-state index in [-0.39, 0.29) is 0 Å². The van der Waals surface area contributed by atoms with Gasteiger partial charge in [-0.2, -0.15) is 0 Å². The fraction of sp³-hybridized carbons (Fsp3) is 0.0526. The van der Waals surface area contributed by atoms with Crippen LogP contribution in [0.15, 0.2) is 121 Å². The van der Waals surface area contributed by atoms with E-state index in [0.29, 0.717) is 0 Å². The van der Waals surface area contributed by atoms with Crippen molar-refractivity contribution < 1.29 is 9.13 Å². The predicted molar refractivity (Wildman–Crippen MR) is 156 cm³/mol. The Morgan fingerprint density at radius 3 is 1.38 bits per heavy atom. The maximum atomic E-state index is 2.72. The summed E-state index contributed by atoms with van der Waals surface area (Å²) >= 11 is 0. The average Bonchev–Trinajstić information content (AvgIpc) is 3.56. The third-order valence-corrected chi connectivity index (χ3v) is 10.2.